The standard InChI is InChI=1S/C16H22N4O2/c1-10(20-9-16(3,4)11(2)21)15-14(22)5-12(8-19-15)13(6-17)7-18/h5-8,17,20-22H,1-2,9,18H2,3-4H3/b13-7+,17-6?. The SMILES string of the molecule is C=C(NCC(C)(C)C(=C)O)c1ncc(/C(C=N)=C/N)cc1O. The summed E-state index contributed by atoms with van der Waals surface area (Å²) in [5, 5.41) is 29.8. The molecule has 0 aliphatic carbocycles. The van der Waals surface area contributed by atoms with E-state index in [0.29, 0.717) is 29.1 Å². The van der Waals surface area contributed by atoms with Gasteiger partial charge >= 0.3 is 0 Å². The fourth-order valence-electron chi connectivity index (χ4n) is 1.58. The summed E-state index contributed by atoms with van der Waals surface area (Å²) in [6.45, 7) is 11.4. The number of hydrogen-bond acceptors (Lipinski definition) is 6. The largest absolute Gasteiger partial charge is 0.512 e. The van der Waals surface area contributed by atoms with Crippen LogP contribution in [0.3, 0.4) is 0 Å². The summed E-state index contributed by atoms with van der Waals surface area (Å²) in [4.78, 5) is 4.14. The van der Waals surface area contributed by atoms with Crippen molar-refractivity contribution in [2.45, 2.75) is 13.8 Å². The predicted molar refractivity (Wildman–Crippen MR) is 89.4 cm³/mol. The Morgan fingerprint density at radius 1 is 1.50 bits per heavy atom. The number of aliphatic hydroxyl groups excluding tert-OH is 1. The highest BCUT2D eigenvalue weighted by atomic mass is 16.3. The summed E-state index contributed by atoms with van der Waals surface area (Å²) >= 11 is 0. The Morgan fingerprint density at radius 2 is 2.14 bits per heavy atom. The number of aromatic hydroxyl groups is 1. The molecule has 0 saturated heterocycles. The summed E-state index contributed by atoms with van der Waals surface area (Å²) in [7, 11) is 0. The first-order chi connectivity index (χ1) is 10.2. The van der Waals surface area contributed by atoms with Crippen LogP contribution in [0.5, 0.6) is 5.75 Å². The molecule has 22 heavy (non-hydrogen) atoms. The van der Waals surface area contributed by atoms with Crippen LogP contribution in [0.1, 0.15) is 25.1 Å². The first kappa shape index (κ1) is 17.3. The van der Waals surface area contributed by atoms with E-state index in [1.54, 1.807) is 0 Å². The van der Waals surface area contributed by atoms with Gasteiger partial charge in [-0.1, -0.05) is 27.0 Å². The molecule has 0 spiro atoms. The molecule has 1 rings (SSSR count). The Morgan fingerprint density at radius 3 is 2.59 bits per heavy atom. The molecule has 6 nitrogen and oxygen atoms in total. The van der Waals surface area contributed by atoms with E-state index in [4.69, 9.17) is 11.1 Å². The van der Waals surface area contributed by atoms with Gasteiger partial charge in [0, 0.05) is 41.7 Å². The smallest absolute Gasteiger partial charge is 0.143 e. The minimum atomic E-state index is -0.534. The molecule has 0 bridgehead atoms. The van der Waals surface area contributed by atoms with Gasteiger partial charge < -0.3 is 26.7 Å². The molecule has 0 aliphatic heterocycles. The maximum atomic E-state index is 10.1. The molecule has 1 heterocycles. The summed E-state index contributed by atoms with van der Waals surface area (Å²) in [6.07, 6.45) is 3.85. The number of aliphatic hydroxyl groups is 1. The molecule has 6 heteroatoms. The molecular weight excluding hydrogens is 280 g/mol. The number of rotatable bonds is 7. The maximum Gasteiger partial charge on any atom is 0.143 e. The van der Waals surface area contributed by atoms with Crippen LogP contribution >= 0.6 is 0 Å². The van der Waals surface area contributed by atoms with E-state index in [0.717, 1.165) is 6.21 Å². The minimum absolute atomic E-state index is 0.0593. The molecule has 0 fully saturated rings. The van der Waals surface area contributed by atoms with Gasteiger partial charge in [-0.3, -0.25) is 4.98 Å². The topological polar surface area (TPSA) is 115 Å². The second kappa shape index (κ2) is 6.80. The Balaban J connectivity index is 2.92. The summed E-state index contributed by atoms with van der Waals surface area (Å²) < 4.78 is 0. The van der Waals surface area contributed by atoms with Gasteiger partial charge in [0.05, 0.1) is 11.5 Å². The van der Waals surface area contributed by atoms with Gasteiger partial charge in [-0.25, -0.2) is 0 Å². The molecular formula is C16H22N4O2. The molecule has 0 atom stereocenters. The van der Waals surface area contributed by atoms with Crippen LogP contribution in [-0.4, -0.2) is 28.0 Å². The van der Waals surface area contributed by atoms with E-state index in [9.17, 15) is 10.2 Å². The van der Waals surface area contributed by atoms with E-state index in [-0.39, 0.29) is 11.5 Å². The fourth-order valence-corrected chi connectivity index (χ4v) is 1.58. The van der Waals surface area contributed by atoms with Gasteiger partial charge in [-0.2, -0.15) is 0 Å². The molecule has 118 valence electrons. The second-order valence-corrected chi connectivity index (χ2v) is 5.52. The van der Waals surface area contributed by atoms with E-state index in [1.807, 2.05) is 13.8 Å². The van der Waals surface area contributed by atoms with Crippen molar-refractivity contribution in [3.05, 3.63) is 48.6 Å². The normalized spacial score (nSPS) is 11.8. The van der Waals surface area contributed by atoms with Gasteiger partial charge in [-0.05, 0) is 6.07 Å². The lowest BCUT2D eigenvalue weighted by atomic mass is 9.91. The molecule has 0 aliphatic rings. The van der Waals surface area contributed by atoms with Crippen molar-refractivity contribution in [1.82, 2.24) is 10.3 Å². The zero-order valence-electron chi connectivity index (χ0n) is 12.8. The highest BCUT2D eigenvalue weighted by Crippen LogP contribution is 2.26. The molecule has 6 N–H and O–H groups in total. The highest BCUT2D eigenvalue weighted by Gasteiger charge is 2.22. The number of allylic oxidation sites excluding steroid dienone is 1. The van der Waals surface area contributed by atoms with Gasteiger partial charge in [-0.15, -0.1) is 0 Å². The van der Waals surface area contributed by atoms with Crippen molar-refractivity contribution in [1.29, 1.82) is 5.41 Å². The number of pyridine rings is 1. The van der Waals surface area contributed by atoms with Crippen molar-refractivity contribution in [3.63, 3.8) is 0 Å². The third-order valence-corrected chi connectivity index (χ3v) is 3.35. The molecule has 0 saturated carbocycles. The third kappa shape index (κ3) is 3.88. The van der Waals surface area contributed by atoms with Gasteiger partial charge in [0.15, 0.2) is 0 Å². The van der Waals surface area contributed by atoms with Crippen LogP contribution in [0.4, 0.5) is 0 Å². The molecule has 0 unspecified atom stereocenters. The van der Waals surface area contributed by atoms with Crippen molar-refractivity contribution in [2.75, 3.05) is 6.54 Å². The molecule has 0 amide bonds. The molecule has 0 radical (unpaired) electrons. The number of nitrogens with zero attached hydrogens (tertiary/aromatic N) is 1. The Bertz CT molecular complexity index is 633. The lowest BCUT2D eigenvalue weighted by Crippen LogP contribution is -2.29. The van der Waals surface area contributed by atoms with Crippen LogP contribution in [0, 0.1) is 10.8 Å². The number of nitrogens with one attached hydrogen (secondary N) is 2. The van der Waals surface area contributed by atoms with E-state index in [2.05, 4.69) is 23.5 Å². The average Bonchev–Trinajstić information content (AvgIpc) is 2.46. The lowest BCUT2D eigenvalue weighted by molar-refractivity contribution is 0.259. The quantitative estimate of drug-likeness (QED) is 0.392. The number of hydrogen-bond donors (Lipinski definition) is 5. The predicted octanol–water partition coefficient (Wildman–Crippen LogP) is 2.39. The van der Waals surface area contributed by atoms with Gasteiger partial charge in [0.1, 0.15) is 11.4 Å². The van der Waals surface area contributed by atoms with Crippen molar-refractivity contribution < 1.29 is 10.2 Å². The van der Waals surface area contributed by atoms with Gasteiger partial charge in [0.2, 0.25) is 0 Å². The third-order valence-electron chi connectivity index (χ3n) is 3.35. The number of nitrogens with two attached hydrogens (primary N) is 1. The van der Waals surface area contributed by atoms with E-state index >= 15 is 0 Å². The monoisotopic (exact) mass is 302 g/mol. The number of aromatic nitrogens is 1. The van der Waals surface area contributed by atoms with Gasteiger partial charge in [0.25, 0.3) is 0 Å². The average molecular weight is 302 g/mol. The fraction of sp³-hybridized carbons (Fsp3) is 0.250. The van der Waals surface area contributed by atoms with Crippen molar-refractivity contribution in [3.8, 4) is 5.75 Å². The van der Waals surface area contributed by atoms with Crippen molar-refractivity contribution in [2.24, 2.45) is 11.1 Å². The van der Waals surface area contributed by atoms with E-state index in [1.165, 1.54) is 18.5 Å². The summed E-state index contributed by atoms with van der Waals surface area (Å²) in [5.74, 6) is -0.0131. The van der Waals surface area contributed by atoms with Crippen LogP contribution in [0.2, 0.25) is 0 Å². The Kier molecular flexibility index (Phi) is 5.34. The maximum absolute atomic E-state index is 10.1. The zero-order chi connectivity index (χ0) is 16.9. The second-order valence-electron chi connectivity index (χ2n) is 5.52. The first-order valence-corrected chi connectivity index (χ1v) is 6.66. The zero-order valence-corrected chi connectivity index (χ0v) is 12.8. The van der Waals surface area contributed by atoms with E-state index < -0.39 is 5.41 Å². The van der Waals surface area contributed by atoms with Crippen LogP contribution in [0.25, 0.3) is 11.3 Å². The minimum Gasteiger partial charge on any atom is -0.512 e. The highest BCUT2D eigenvalue weighted by molar-refractivity contribution is 6.08. The summed E-state index contributed by atoms with van der Waals surface area (Å²) in [6, 6.07) is 1.47. The van der Waals surface area contributed by atoms with Crippen LogP contribution in [-0.2, 0) is 0 Å². The summed E-state index contributed by atoms with van der Waals surface area (Å²) in [5.41, 5.74) is 6.57. The Labute approximate surface area is 130 Å². The first-order valence-electron chi connectivity index (χ1n) is 6.66. The Hall–Kier alpha value is -2.76. The lowest BCUT2D eigenvalue weighted by Gasteiger charge is -2.24. The molecule has 0 aromatic carbocycles. The molecule has 1 aromatic rings. The molecule has 1 aromatic heterocycles. The van der Waals surface area contributed by atoms with Crippen LogP contribution < -0.4 is 11.1 Å². The van der Waals surface area contributed by atoms with Crippen LogP contribution in [0.15, 0.2) is 37.4 Å². The van der Waals surface area contributed by atoms with Crippen molar-refractivity contribution >= 4 is 17.5 Å².